The van der Waals surface area contributed by atoms with Crippen molar-refractivity contribution < 1.29 is 24.2 Å². The van der Waals surface area contributed by atoms with E-state index < -0.39 is 11.4 Å². The third kappa shape index (κ3) is 4.64. The number of carbonyl (C=O) groups is 2. The number of carbonyl (C=O) groups excluding carboxylic acids is 2. The van der Waals surface area contributed by atoms with Crippen molar-refractivity contribution in [2.75, 3.05) is 20.1 Å². The molecule has 5 atom stereocenters. The highest BCUT2D eigenvalue weighted by Crippen LogP contribution is 2.65. The zero-order valence-electron chi connectivity index (χ0n) is 25.5. The molecular weight excluding hydrogens is 552 g/mol. The molecule has 0 unspecified atom stereocenters. The fraction of sp³-hybridized carbons (Fsp3) is 0.405. The first-order chi connectivity index (χ1) is 21.3. The van der Waals surface area contributed by atoms with E-state index >= 15 is 0 Å². The van der Waals surface area contributed by atoms with Crippen LogP contribution in [0.3, 0.4) is 0 Å². The highest BCUT2D eigenvalue weighted by atomic mass is 16.5. The Balaban J connectivity index is 1.25. The van der Waals surface area contributed by atoms with Crippen LogP contribution < -0.4 is 9.47 Å². The summed E-state index contributed by atoms with van der Waals surface area (Å²) in [5.74, 6) is 6.42. The molecule has 1 saturated heterocycles. The molecule has 44 heavy (non-hydrogen) atoms. The van der Waals surface area contributed by atoms with Gasteiger partial charge in [-0.05, 0) is 74.8 Å². The molecule has 1 N–H and O–H groups in total. The Bertz CT molecular complexity index is 1690. The van der Waals surface area contributed by atoms with Crippen LogP contribution in [-0.2, 0) is 27.8 Å². The van der Waals surface area contributed by atoms with E-state index in [9.17, 15) is 14.7 Å². The Labute approximate surface area is 258 Å². The summed E-state index contributed by atoms with van der Waals surface area (Å²) >= 11 is 0. The molecule has 2 aliphatic heterocycles. The fourth-order valence-corrected chi connectivity index (χ4v) is 8.57. The van der Waals surface area contributed by atoms with Gasteiger partial charge in [-0.3, -0.25) is 14.5 Å². The molecule has 2 aliphatic carbocycles. The molecule has 2 heterocycles. The van der Waals surface area contributed by atoms with E-state index in [4.69, 9.17) is 9.47 Å². The van der Waals surface area contributed by atoms with Gasteiger partial charge in [-0.1, -0.05) is 48.4 Å². The van der Waals surface area contributed by atoms with Crippen LogP contribution in [0.2, 0.25) is 0 Å². The van der Waals surface area contributed by atoms with E-state index in [1.807, 2.05) is 44.3 Å². The van der Waals surface area contributed by atoms with Crippen LogP contribution in [0.4, 0.5) is 0 Å². The minimum atomic E-state index is -0.416. The number of likely N-dealkylation sites (tertiary alicyclic amines) is 1. The number of likely N-dealkylation sites (N-methyl/N-ethyl adjacent to an activating group) is 1. The van der Waals surface area contributed by atoms with Crippen molar-refractivity contribution in [2.24, 2.45) is 5.92 Å². The summed E-state index contributed by atoms with van der Waals surface area (Å²) in [5, 5.41) is 11.2. The smallest absolute Gasteiger partial charge is 0.308 e. The van der Waals surface area contributed by atoms with Crippen molar-refractivity contribution in [3.63, 3.8) is 0 Å². The lowest BCUT2D eigenvalue weighted by Crippen LogP contribution is -2.69. The van der Waals surface area contributed by atoms with E-state index in [1.165, 1.54) is 18.6 Å². The zero-order chi connectivity index (χ0) is 30.6. The Morgan fingerprint density at radius 2 is 1.95 bits per heavy atom. The molecule has 3 aromatic carbocycles. The Kier molecular flexibility index (Phi) is 7.13. The summed E-state index contributed by atoms with van der Waals surface area (Å²) in [6.07, 6.45) is 3.91. The van der Waals surface area contributed by atoms with Gasteiger partial charge in [-0.25, -0.2) is 0 Å². The van der Waals surface area contributed by atoms with Gasteiger partial charge in [0, 0.05) is 60.7 Å². The zero-order valence-corrected chi connectivity index (χ0v) is 25.5. The quantitative estimate of drug-likeness (QED) is 0.262. The van der Waals surface area contributed by atoms with Crippen molar-refractivity contribution in [1.29, 1.82) is 0 Å². The van der Waals surface area contributed by atoms with Crippen LogP contribution in [0.25, 0.3) is 0 Å². The van der Waals surface area contributed by atoms with Crippen LogP contribution in [0.1, 0.15) is 54.0 Å². The highest BCUT2D eigenvalue weighted by molar-refractivity contribution is 5.94. The van der Waals surface area contributed by atoms with Crippen LogP contribution in [0, 0.1) is 24.7 Å². The lowest BCUT2D eigenvalue weighted by atomic mass is 9.50. The van der Waals surface area contributed by atoms with Gasteiger partial charge >= 0.3 is 5.97 Å². The number of piperidine rings is 1. The van der Waals surface area contributed by atoms with Crippen LogP contribution in [-0.4, -0.2) is 65.1 Å². The molecule has 7 nitrogen and oxygen atoms in total. The van der Waals surface area contributed by atoms with Crippen molar-refractivity contribution in [1.82, 2.24) is 9.80 Å². The average molecular weight is 591 g/mol. The number of phenolic OH excluding ortho intramolecular Hbond substituents is 1. The third-order valence-electron chi connectivity index (χ3n) is 10.4. The van der Waals surface area contributed by atoms with Crippen LogP contribution in [0.15, 0.2) is 60.7 Å². The molecule has 4 aliphatic rings. The second-order valence-electron chi connectivity index (χ2n) is 12.8. The number of aromatic hydroxyl groups is 1. The number of benzene rings is 3. The number of aryl methyl sites for hydroxylation is 1. The Hall–Kier alpha value is -4.28. The van der Waals surface area contributed by atoms with Crippen LogP contribution >= 0.6 is 0 Å². The first-order valence-corrected chi connectivity index (χ1v) is 15.6. The number of rotatable bonds is 5. The van der Waals surface area contributed by atoms with Gasteiger partial charge in [-0.15, -0.1) is 0 Å². The Morgan fingerprint density at radius 1 is 1.14 bits per heavy atom. The number of hydrogen-bond donors (Lipinski definition) is 1. The SMILES string of the molecule is CC(=O)Oc1cc(O)c2c3c1C[C@@H]1[C@@H]4CC[C@H](N(C)C(=O)C#Cc5cccc(C)c5)[C@H](O2)[C@]34CCN1CCc1ccccc1. The first kappa shape index (κ1) is 28.5. The molecule has 7 heteroatoms. The molecular formula is C37H38N2O5. The molecule has 226 valence electrons. The maximum Gasteiger partial charge on any atom is 0.308 e. The fourth-order valence-electron chi connectivity index (χ4n) is 8.57. The van der Waals surface area contributed by atoms with E-state index in [0.717, 1.165) is 67.4 Å². The summed E-state index contributed by atoms with van der Waals surface area (Å²) in [6.45, 7) is 5.23. The van der Waals surface area contributed by atoms with Gasteiger partial charge in [0.05, 0.1) is 6.04 Å². The predicted molar refractivity (Wildman–Crippen MR) is 167 cm³/mol. The summed E-state index contributed by atoms with van der Waals surface area (Å²) in [4.78, 5) is 30.0. The number of amides is 1. The van der Waals surface area contributed by atoms with Crippen molar-refractivity contribution >= 4 is 11.9 Å². The topological polar surface area (TPSA) is 79.3 Å². The van der Waals surface area contributed by atoms with Gasteiger partial charge in [-0.2, -0.15) is 0 Å². The van der Waals surface area contributed by atoms with Crippen LogP contribution in [0.5, 0.6) is 17.2 Å². The van der Waals surface area contributed by atoms with E-state index in [-0.39, 0.29) is 35.8 Å². The second kappa shape index (κ2) is 11.0. The molecule has 2 bridgehead atoms. The van der Waals surface area contributed by atoms with Gasteiger partial charge in [0.25, 0.3) is 5.91 Å². The maximum atomic E-state index is 13.5. The molecule has 1 saturated carbocycles. The lowest BCUT2D eigenvalue weighted by Gasteiger charge is -2.60. The average Bonchev–Trinajstić information content (AvgIpc) is 3.35. The lowest BCUT2D eigenvalue weighted by molar-refractivity contribution is -0.135. The van der Waals surface area contributed by atoms with E-state index in [2.05, 4.69) is 41.0 Å². The largest absolute Gasteiger partial charge is 0.504 e. The summed E-state index contributed by atoms with van der Waals surface area (Å²) in [6, 6.07) is 20.0. The highest BCUT2D eigenvalue weighted by Gasteiger charge is 2.67. The number of esters is 1. The van der Waals surface area contributed by atoms with Gasteiger partial charge in [0.15, 0.2) is 11.5 Å². The van der Waals surface area contributed by atoms with Gasteiger partial charge in [0.1, 0.15) is 11.9 Å². The molecule has 3 aromatic rings. The third-order valence-corrected chi connectivity index (χ3v) is 10.4. The number of phenols is 1. The van der Waals surface area contributed by atoms with E-state index in [0.29, 0.717) is 11.5 Å². The van der Waals surface area contributed by atoms with Crippen molar-refractivity contribution in [2.45, 2.75) is 69.6 Å². The molecule has 1 amide bonds. The summed E-state index contributed by atoms with van der Waals surface area (Å²) < 4.78 is 12.5. The standard InChI is InChI=1S/C37H38N2O5/c1-23-8-7-11-26(20-23)12-15-33(42)38(3)29-14-13-28-30-21-27-32(43-24(2)40)22-31(41)35-34(27)37(28,36(29)44-35)17-19-39(30)18-16-25-9-5-4-6-10-25/h4-11,20,22,28-30,36,41H,13-14,16-19,21H2,1-3H3/t28-,29-,30+,36-,37-/m0/s1. The van der Waals surface area contributed by atoms with Crippen molar-refractivity contribution in [3.05, 3.63) is 88.5 Å². The molecule has 0 radical (unpaired) electrons. The number of hydrogen-bond acceptors (Lipinski definition) is 6. The first-order valence-electron chi connectivity index (χ1n) is 15.6. The second-order valence-corrected chi connectivity index (χ2v) is 12.8. The predicted octanol–water partition coefficient (Wildman–Crippen LogP) is 4.79. The monoisotopic (exact) mass is 590 g/mol. The normalized spacial score (nSPS) is 26.1. The van der Waals surface area contributed by atoms with E-state index in [1.54, 1.807) is 4.90 Å². The van der Waals surface area contributed by atoms with Gasteiger partial charge < -0.3 is 19.5 Å². The minimum Gasteiger partial charge on any atom is -0.504 e. The number of ether oxygens (including phenoxy) is 2. The van der Waals surface area contributed by atoms with Gasteiger partial charge in [0.2, 0.25) is 0 Å². The molecule has 7 rings (SSSR count). The number of nitrogens with zero attached hydrogens (tertiary/aromatic N) is 2. The Morgan fingerprint density at radius 3 is 2.73 bits per heavy atom. The minimum absolute atomic E-state index is 0.0144. The molecule has 2 fully saturated rings. The summed E-state index contributed by atoms with van der Waals surface area (Å²) in [7, 11) is 1.82. The molecule has 0 aromatic heterocycles. The molecule has 1 spiro atoms. The van der Waals surface area contributed by atoms with Crippen molar-refractivity contribution in [3.8, 4) is 29.1 Å². The maximum absolute atomic E-state index is 13.5. The summed E-state index contributed by atoms with van der Waals surface area (Å²) in [5.41, 5.74) is 4.76.